The fraction of sp³-hybridized carbons (Fsp3) is 0.300. The summed E-state index contributed by atoms with van der Waals surface area (Å²) in [4.78, 5) is 18.2. The third-order valence-electron chi connectivity index (χ3n) is 4.34. The molecule has 150 valence electrons. The average Bonchev–Trinajstić information content (AvgIpc) is 2.69. The van der Waals surface area contributed by atoms with E-state index in [0.717, 1.165) is 35.4 Å². The van der Waals surface area contributed by atoms with Gasteiger partial charge in [0, 0.05) is 10.5 Å². The number of hydrogen-bond acceptors (Lipinski definition) is 5. The summed E-state index contributed by atoms with van der Waals surface area (Å²) in [5, 5.41) is 18.4. The SMILES string of the molecule is COc1cc2c(cc1OC)C(Cc1ccc(Br)cc1)NCC2.O=C(O)C(=O)O. The summed E-state index contributed by atoms with van der Waals surface area (Å²) >= 11 is 3.49. The normalized spacial score (nSPS) is 14.9. The van der Waals surface area contributed by atoms with Gasteiger partial charge in [0.1, 0.15) is 0 Å². The van der Waals surface area contributed by atoms with Gasteiger partial charge in [0.05, 0.1) is 14.2 Å². The van der Waals surface area contributed by atoms with E-state index in [2.05, 4.69) is 57.6 Å². The number of methoxy groups -OCH3 is 2. The zero-order valence-electron chi connectivity index (χ0n) is 15.6. The molecule has 0 radical (unpaired) electrons. The number of ether oxygens (including phenoxy) is 2. The molecule has 0 aromatic heterocycles. The van der Waals surface area contributed by atoms with Gasteiger partial charge < -0.3 is 25.0 Å². The molecular formula is C20H22BrNO6. The monoisotopic (exact) mass is 451 g/mol. The van der Waals surface area contributed by atoms with Crippen LogP contribution in [0.1, 0.15) is 22.7 Å². The van der Waals surface area contributed by atoms with Gasteiger partial charge in [-0.15, -0.1) is 0 Å². The predicted molar refractivity (Wildman–Crippen MR) is 107 cm³/mol. The van der Waals surface area contributed by atoms with Crippen LogP contribution in [-0.2, 0) is 22.4 Å². The number of carboxylic acid groups (broad SMARTS) is 2. The fourth-order valence-electron chi connectivity index (χ4n) is 3.01. The summed E-state index contributed by atoms with van der Waals surface area (Å²) in [6, 6.07) is 13.1. The molecule has 1 aliphatic rings. The van der Waals surface area contributed by atoms with Gasteiger partial charge in [0.15, 0.2) is 11.5 Å². The van der Waals surface area contributed by atoms with E-state index in [-0.39, 0.29) is 0 Å². The Balaban J connectivity index is 0.000000409. The van der Waals surface area contributed by atoms with Crippen molar-refractivity contribution in [2.24, 2.45) is 0 Å². The molecule has 3 N–H and O–H groups in total. The fourth-order valence-corrected chi connectivity index (χ4v) is 3.27. The van der Waals surface area contributed by atoms with Gasteiger partial charge in [0.2, 0.25) is 0 Å². The highest BCUT2D eigenvalue weighted by atomic mass is 79.9. The Morgan fingerprint density at radius 2 is 1.64 bits per heavy atom. The number of aliphatic carboxylic acids is 2. The highest BCUT2D eigenvalue weighted by molar-refractivity contribution is 9.10. The van der Waals surface area contributed by atoms with Crippen LogP contribution >= 0.6 is 15.9 Å². The van der Waals surface area contributed by atoms with Gasteiger partial charge in [-0.25, -0.2) is 9.59 Å². The van der Waals surface area contributed by atoms with Crippen LogP contribution in [0, 0.1) is 0 Å². The van der Waals surface area contributed by atoms with Crippen molar-refractivity contribution >= 4 is 27.9 Å². The number of halogens is 1. The molecule has 1 atom stereocenters. The summed E-state index contributed by atoms with van der Waals surface area (Å²) in [6.45, 7) is 0.990. The molecule has 7 nitrogen and oxygen atoms in total. The minimum atomic E-state index is -1.82. The molecule has 0 amide bonds. The topological polar surface area (TPSA) is 105 Å². The third kappa shape index (κ3) is 5.71. The molecule has 2 aromatic rings. The van der Waals surface area contributed by atoms with Gasteiger partial charge in [0.25, 0.3) is 0 Å². The first-order valence-corrected chi connectivity index (χ1v) is 9.33. The van der Waals surface area contributed by atoms with Crippen molar-refractivity contribution < 1.29 is 29.3 Å². The number of hydrogen-bond donors (Lipinski definition) is 3. The van der Waals surface area contributed by atoms with Crippen LogP contribution < -0.4 is 14.8 Å². The first-order chi connectivity index (χ1) is 13.3. The molecule has 0 bridgehead atoms. The van der Waals surface area contributed by atoms with Gasteiger partial charge >= 0.3 is 11.9 Å². The third-order valence-corrected chi connectivity index (χ3v) is 4.87. The molecule has 1 heterocycles. The van der Waals surface area contributed by atoms with Crippen LogP contribution in [0.15, 0.2) is 40.9 Å². The smallest absolute Gasteiger partial charge is 0.414 e. The quantitative estimate of drug-likeness (QED) is 0.613. The van der Waals surface area contributed by atoms with Crippen molar-refractivity contribution in [1.82, 2.24) is 5.32 Å². The van der Waals surface area contributed by atoms with E-state index < -0.39 is 11.9 Å². The molecule has 0 fully saturated rings. The van der Waals surface area contributed by atoms with E-state index in [0.29, 0.717) is 6.04 Å². The highest BCUT2D eigenvalue weighted by Gasteiger charge is 2.22. The number of fused-ring (bicyclic) bond motifs is 1. The molecule has 2 aromatic carbocycles. The van der Waals surface area contributed by atoms with E-state index in [9.17, 15) is 0 Å². The van der Waals surface area contributed by atoms with E-state index >= 15 is 0 Å². The Labute approximate surface area is 171 Å². The molecule has 0 saturated carbocycles. The van der Waals surface area contributed by atoms with Crippen molar-refractivity contribution in [2.45, 2.75) is 18.9 Å². The summed E-state index contributed by atoms with van der Waals surface area (Å²) in [6.07, 6.45) is 1.99. The Morgan fingerprint density at radius 1 is 1.07 bits per heavy atom. The number of benzene rings is 2. The Kier molecular flexibility index (Phi) is 7.83. The molecule has 3 rings (SSSR count). The number of rotatable bonds is 4. The Morgan fingerprint density at radius 3 is 2.18 bits per heavy atom. The van der Waals surface area contributed by atoms with Crippen molar-refractivity contribution in [3.63, 3.8) is 0 Å². The molecule has 28 heavy (non-hydrogen) atoms. The maximum atomic E-state index is 9.10. The lowest BCUT2D eigenvalue weighted by atomic mass is 9.90. The van der Waals surface area contributed by atoms with Crippen LogP contribution in [0.3, 0.4) is 0 Å². The van der Waals surface area contributed by atoms with Crippen molar-refractivity contribution in [3.8, 4) is 11.5 Å². The molecule has 1 aliphatic heterocycles. The maximum absolute atomic E-state index is 9.10. The second-order valence-corrected chi connectivity index (χ2v) is 7.02. The van der Waals surface area contributed by atoms with Gasteiger partial charge in [-0.3, -0.25) is 0 Å². The van der Waals surface area contributed by atoms with Crippen molar-refractivity contribution in [2.75, 3.05) is 20.8 Å². The maximum Gasteiger partial charge on any atom is 0.414 e. The molecule has 0 saturated heterocycles. The summed E-state index contributed by atoms with van der Waals surface area (Å²) < 4.78 is 12.0. The second kappa shape index (κ2) is 10.1. The molecule has 1 unspecified atom stereocenters. The van der Waals surface area contributed by atoms with Crippen LogP contribution in [0.5, 0.6) is 11.5 Å². The lowest BCUT2D eigenvalue weighted by Crippen LogP contribution is -2.31. The van der Waals surface area contributed by atoms with Crippen LogP contribution in [0.4, 0.5) is 0 Å². The lowest BCUT2D eigenvalue weighted by Gasteiger charge is -2.28. The van der Waals surface area contributed by atoms with Crippen molar-refractivity contribution in [3.05, 3.63) is 57.6 Å². The molecule has 0 spiro atoms. The van der Waals surface area contributed by atoms with E-state index in [1.54, 1.807) is 14.2 Å². The number of nitrogens with one attached hydrogen (secondary N) is 1. The Bertz CT molecular complexity index is 825. The Hall–Kier alpha value is -2.58. The van der Waals surface area contributed by atoms with Crippen LogP contribution in [0.25, 0.3) is 0 Å². The minimum absolute atomic E-state index is 0.310. The van der Waals surface area contributed by atoms with E-state index in [4.69, 9.17) is 29.3 Å². The van der Waals surface area contributed by atoms with E-state index in [1.165, 1.54) is 16.7 Å². The second-order valence-electron chi connectivity index (χ2n) is 6.10. The molecule has 8 heteroatoms. The van der Waals surface area contributed by atoms with Gasteiger partial charge in [-0.05, 0) is 60.3 Å². The summed E-state index contributed by atoms with van der Waals surface area (Å²) in [5.74, 6) is -2.04. The largest absolute Gasteiger partial charge is 0.493 e. The average molecular weight is 452 g/mol. The zero-order chi connectivity index (χ0) is 20.7. The van der Waals surface area contributed by atoms with Gasteiger partial charge in [-0.2, -0.15) is 0 Å². The molecule has 0 aliphatic carbocycles. The first kappa shape index (κ1) is 21.7. The molecular weight excluding hydrogens is 430 g/mol. The number of carboxylic acids is 2. The number of carbonyl (C=O) groups is 2. The van der Waals surface area contributed by atoms with E-state index in [1.807, 2.05) is 0 Å². The first-order valence-electron chi connectivity index (χ1n) is 8.54. The van der Waals surface area contributed by atoms with Crippen LogP contribution in [-0.4, -0.2) is 42.9 Å². The summed E-state index contributed by atoms with van der Waals surface area (Å²) in [5.41, 5.74) is 3.98. The van der Waals surface area contributed by atoms with Gasteiger partial charge in [-0.1, -0.05) is 28.1 Å². The standard InChI is InChI=1S/C18H20BrNO2.C2H2O4/c1-21-17-10-13-7-8-20-16(15(13)11-18(17)22-2)9-12-3-5-14(19)6-4-12;3-1(4)2(5)6/h3-6,10-11,16,20H,7-9H2,1-2H3;(H,3,4)(H,5,6). The van der Waals surface area contributed by atoms with Crippen molar-refractivity contribution in [1.29, 1.82) is 0 Å². The lowest BCUT2D eigenvalue weighted by molar-refractivity contribution is -0.159. The minimum Gasteiger partial charge on any atom is -0.493 e. The highest BCUT2D eigenvalue weighted by Crippen LogP contribution is 2.36. The summed E-state index contributed by atoms with van der Waals surface area (Å²) in [7, 11) is 3.37. The zero-order valence-corrected chi connectivity index (χ0v) is 17.2. The van der Waals surface area contributed by atoms with Crippen LogP contribution in [0.2, 0.25) is 0 Å². The predicted octanol–water partition coefficient (Wildman–Crippen LogP) is 3.05.